The number of aromatic nitrogens is 3. The Hall–Kier alpha value is -1.34. The number of nitrogens with zero attached hydrogens (tertiary/aromatic N) is 3. The molecular weight excluding hydrogens is 256 g/mol. The van der Waals surface area contributed by atoms with E-state index in [0.717, 1.165) is 5.82 Å². The Bertz CT molecular complexity index is 513. The van der Waals surface area contributed by atoms with Gasteiger partial charge < -0.3 is 0 Å². The van der Waals surface area contributed by atoms with Crippen LogP contribution in [0.3, 0.4) is 0 Å². The lowest BCUT2D eigenvalue weighted by Crippen LogP contribution is -2.14. The summed E-state index contributed by atoms with van der Waals surface area (Å²) in [6, 6.07) is 0. The summed E-state index contributed by atoms with van der Waals surface area (Å²) in [7, 11) is 0. The highest BCUT2D eigenvalue weighted by molar-refractivity contribution is 7.10. The molecule has 0 aliphatic rings. The first-order valence-corrected chi connectivity index (χ1v) is 6.63. The van der Waals surface area contributed by atoms with Crippen molar-refractivity contribution in [3.05, 3.63) is 23.0 Å². The standard InChI is InChI=1S/C10H12N4OS2/c1-10(2,3)8-13-9(17-14-8)12-7(15)6-4-11-16-5-6/h4-5H,1-3H3,(H,12,13,14,15). The molecular formula is C10H12N4OS2. The van der Waals surface area contributed by atoms with Crippen LogP contribution in [0.2, 0.25) is 0 Å². The summed E-state index contributed by atoms with van der Waals surface area (Å²) in [5.74, 6) is 0.539. The Kier molecular flexibility index (Phi) is 3.21. The van der Waals surface area contributed by atoms with Crippen molar-refractivity contribution in [1.29, 1.82) is 0 Å². The maximum atomic E-state index is 11.7. The van der Waals surface area contributed by atoms with Crippen LogP contribution in [0.4, 0.5) is 5.13 Å². The molecule has 0 aliphatic heterocycles. The van der Waals surface area contributed by atoms with E-state index < -0.39 is 0 Å². The Labute approximate surface area is 107 Å². The van der Waals surface area contributed by atoms with Gasteiger partial charge >= 0.3 is 0 Å². The highest BCUT2D eigenvalue weighted by atomic mass is 32.1. The van der Waals surface area contributed by atoms with Crippen molar-refractivity contribution < 1.29 is 4.79 Å². The zero-order valence-electron chi connectivity index (χ0n) is 9.72. The van der Waals surface area contributed by atoms with Gasteiger partial charge in [0, 0.05) is 22.3 Å². The minimum atomic E-state index is -0.199. The molecule has 7 heteroatoms. The fourth-order valence-corrected chi connectivity index (χ4v) is 2.34. The molecule has 1 amide bonds. The second-order valence-electron chi connectivity index (χ2n) is 4.54. The first kappa shape index (κ1) is 12.1. The summed E-state index contributed by atoms with van der Waals surface area (Å²) in [6.07, 6.45) is 1.53. The van der Waals surface area contributed by atoms with Gasteiger partial charge in [0.15, 0.2) is 0 Å². The van der Waals surface area contributed by atoms with E-state index >= 15 is 0 Å². The Balaban J connectivity index is 2.10. The van der Waals surface area contributed by atoms with Gasteiger partial charge in [-0.15, -0.1) is 0 Å². The molecule has 0 bridgehead atoms. The Morgan fingerprint density at radius 3 is 2.71 bits per heavy atom. The smallest absolute Gasteiger partial charge is 0.259 e. The number of hydrogen-bond donors (Lipinski definition) is 1. The van der Waals surface area contributed by atoms with Gasteiger partial charge in [0.05, 0.1) is 11.8 Å². The van der Waals surface area contributed by atoms with Gasteiger partial charge in [0.2, 0.25) is 5.13 Å². The number of anilines is 1. The molecule has 0 aromatic carbocycles. The van der Waals surface area contributed by atoms with Crippen LogP contribution in [0.15, 0.2) is 11.6 Å². The van der Waals surface area contributed by atoms with Crippen molar-refractivity contribution >= 4 is 34.1 Å². The van der Waals surface area contributed by atoms with Gasteiger partial charge in [0.1, 0.15) is 5.82 Å². The Morgan fingerprint density at radius 1 is 1.41 bits per heavy atom. The fraction of sp³-hybridized carbons (Fsp3) is 0.400. The van der Waals surface area contributed by atoms with Crippen molar-refractivity contribution in [2.45, 2.75) is 26.2 Å². The van der Waals surface area contributed by atoms with Gasteiger partial charge in [-0.1, -0.05) is 20.8 Å². The van der Waals surface area contributed by atoms with E-state index in [1.807, 2.05) is 20.8 Å². The van der Waals surface area contributed by atoms with E-state index in [0.29, 0.717) is 10.7 Å². The molecule has 0 atom stereocenters. The molecule has 17 heavy (non-hydrogen) atoms. The second-order valence-corrected chi connectivity index (χ2v) is 5.95. The molecule has 2 rings (SSSR count). The van der Waals surface area contributed by atoms with Crippen LogP contribution < -0.4 is 5.32 Å². The topological polar surface area (TPSA) is 67.8 Å². The number of nitrogens with one attached hydrogen (secondary N) is 1. The van der Waals surface area contributed by atoms with E-state index in [1.54, 1.807) is 5.38 Å². The number of amides is 1. The number of hydrogen-bond acceptors (Lipinski definition) is 6. The van der Waals surface area contributed by atoms with E-state index in [4.69, 9.17) is 0 Å². The van der Waals surface area contributed by atoms with E-state index in [-0.39, 0.29) is 11.3 Å². The summed E-state index contributed by atoms with van der Waals surface area (Å²) in [5.41, 5.74) is 0.436. The van der Waals surface area contributed by atoms with Crippen LogP contribution >= 0.6 is 23.1 Å². The van der Waals surface area contributed by atoms with Crippen LogP contribution in [-0.2, 0) is 5.41 Å². The maximum absolute atomic E-state index is 11.7. The Morgan fingerprint density at radius 2 is 2.18 bits per heavy atom. The van der Waals surface area contributed by atoms with Gasteiger partial charge in [-0.05, 0) is 11.5 Å². The molecule has 5 nitrogen and oxygen atoms in total. The lowest BCUT2D eigenvalue weighted by atomic mass is 9.96. The molecule has 1 N–H and O–H groups in total. The van der Waals surface area contributed by atoms with Crippen molar-refractivity contribution in [2.75, 3.05) is 5.32 Å². The predicted octanol–water partition coefficient (Wildman–Crippen LogP) is 2.54. The lowest BCUT2D eigenvalue weighted by molar-refractivity contribution is 0.102. The molecule has 0 unspecified atom stereocenters. The third kappa shape index (κ3) is 2.86. The molecule has 0 fully saturated rings. The maximum Gasteiger partial charge on any atom is 0.259 e. The van der Waals surface area contributed by atoms with E-state index in [1.165, 1.54) is 29.3 Å². The zero-order chi connectivity index (χ0) is 12.5. The third-order valence-electron chi connectivity index (χ3n) is 2.01. The van der Waals surface area contributed by atoms with Crippen LogP contribution in [0, 0.1) is 0 Å². The van der Waals surface area contributed by atoms with Crippen molar-refractivity contribution in [3.8, 4) is 0 Å². The van der Waals surface area contributed by atoms with Crippen molar-refractivity contribution in [2.24, 2.45) is 0 Å². The minimum absolute atomic E-state index is 0.108. The molecule has 0 saturated heterocycles. The second kappa shape index (κ2) is 4.50. The van der Waals surface area contributed by atoms with Crippen molar-refractivity contribution in [3.63, 3.8) is 0 Å². The largest absolute Gasteiger partial charge is 0.297 e. The molecule has 0 spiro atoms. The predicted molar refractivity (Wildman–Crippen MR) is 68.7 cm³/mol. The molecule has 2 heterocycles. The van der Waals surface area contributed by atoms with Gasteiger partial charge in [-0.25, -0.2) is 9.36 Å². The highest BCUT2D eigenvalue weighted by Crippen LogP contribution is 2.23. The highest BCUT2D eigenvalue weighted by Gasteiger charge is 2.20. The minimum Gasteiger partial charge on any atom is -0.297 e. The summed E-state index contributed by atoms with van der Waals surface area (Å²) < 4.78 is 8.10. The van der Waals surface area contributed by atoms with Crippen molar-refractivity contribution in [1.82, 2.24) is 13.7 Å². The molecule has 2 aromatic heterocycles. The van der Waals surface area contributed by atoms with Crippen LogP contribution in [0.25, 0.3) is 0 Å². The molecule has 2 aromatic rings. The molecule has 0 saturated carbocycles. The SMILES string of the molecule is CC(C)(C)c1nsc(NC(=O)c2cnsc2)n1. The van der Waals surface area contributed by atoms with Crippen LogP contribution in [0.5, 0.6) is 0 Å². The van der Waals surface area contributed by atoms with E-state index in [9.17, 15) is 4.79 Å². The molecule has 0 radical (unpaired) electrons. The number of carbonyl (C=O) groups excluding carboxylic acids is 1. The van der Waals surface area contributed by atoms with E-state index in [2.05, 4.69) is 19.0 Å². The van der Waals surface area contributed by atoms with Gasteiger partial charge in [-0.2, -0.15) is 4.37 Å². The average Bonchev–Trinajstić information content (AvgIpc) is 2.85. The summed E-state index contributed by atoms with van der Waals surface area (Å²) >= 11 is 2.44. The van der Waals surface area contributed by atoms with Gasteiger partial charge in [0.25, 0.3) is 5.91 Å². The number of rotatable bonds is 2. The van der Waals surface area contributed by atoms with Crippen LogP contribution in [0.1, 0.15) is 37.0 Å². The summed E-state index contributed by atoms with van der Waals surface area (Å²) in [6.45, 7) is 6.09. The molecule has 90 valence electrons. The third-order valence-corrected chi connectivity index (χ3v) is 3.23. The van der Waals surface area contributed by atoms with Gasteiger partial charge in [-0.3, -0.25) is 10.1 Å². The molecule has 0 aliphatic carbocycles. The lowest BCUT2D eigenvalue weighted by Gasteiger charge is -2.12. The number of carbonyl (C=O) groups is 1. The quantitative estimate of drug-likeness (QED) is 0.908. The monoisotopic (exact) mass is 268 g/mol. The average molecular weight is 268 g/mol. The first-order chi connectivity index (χ1) is 7.97. The summed E-state index contributed by atoms with van der Waals surface area (Å²) in [5, 5.41) is 4.92. The normalized spacial score (nSPS) is 11.5. The zero-order valence-corrected chi connectivity index (χ0v) is 11.4. The fourth-order valence-electron chi connectivity index (χ4n) is 1.07. The summed E-state index contributed by atoms with van der Waals surface area (Å²) in [4.78, 5) is 16.0. The van der Waals surface area contributed by atoms with Crippen LogP contribution in [-0.4, -0.2) is 19.6 Å². The first-order valence-electron chi connectivity index (χ1n) is 5.02.